The Kier molecular flexibility index (Phi) is 11.2. The Labute approximate surface area is 364 Å². The van der Waals surface area contributed by atoms with Gasteiger partial charge in [0.25, 0.3) is 23.6 Å². The van der Waals surface area contributed by atoms with Gasteiger partial charge in [-0.05, 0) is 150 Å². The molecule has 0 aromatic heterocycles. The number of benzene rings is 6. The number of fused-ring (bicyclic) bond motifs is 2. The summed E-state index contributed by atoms with van der Waals surface area (Å²) in [6, 6.07) is 34.7. The Morgan fingerprint density at radius 1 is 0.468 bits per heavy atom. The number of amides is 4. The predicted octanol–water partition coefficient (Wildman–Crippen LogP) is 11.8. The second-order valence-corrected chi connectivity index (χ2v) is 16.8. The standard InChI is InChI=1S/C54H52N2O6/c1-9-35-26-33(27-36(10-2)32(35)5)25-34-28-37(11-3)49(38(12-4)29-34)56-52(59)46-24-22-44(31-48(46)53(56)60)62-42-19-15-40(16-20-42)54(6,7)39-13-17-41(18-14-39)61-43-21-23-45-47(30-43)51(58)55(8)50(45)57/h13-24,26-31H,9-12,25H2,1-8H3. The van der Waals surface area contributed by atoms with Gasteiger partial charge in [0.1, 0.15) is 23.0 Å². The highest BCUT2D eigenvalue weighted by molar-refractivity contribution is 6.35. The first-order valence-electron chi connectivity index (χ1n) is 21.6. The molecule has 0 aliphatic carbocycles. The van der Waals surface area contributed by atoms with Gasteiger partial charge in [0.15, 0.2) is 0 Å². The average molecular weight is 825 g/mol. The number of carbonyl (C=O) groups is 4. The van der Waals surface area contributed by atoms with Crippen molar-refractivity contribution in [2.24, 2.45) is 0 Å². The normalized spacial score (nSPS) is 13.5. The van der Waals surface area contributed by atoms with Gasteiger partial charge >= 0.3 is 0 Å². The molecule has 0 spiro atoms. The molecule has 62 heavy (non-hydrogen) atoms. The Hall–Kier alpha value is -6.80. The van der Waals surface area contributed by atoms with Gasteiger partial charge in [0, 0.05) is 12.5 Å². The fraction of sp³-hybridized carbons (Fsp3) is 0.259. The van der Waals surface area contributed by atoms with Crippen LogP contribution in [0.15, 0.2) is 109 Å². The third-order valence-corrected chi connectivity index (χ3v) is 12.7. The van der Waals surface area contributed by atoms with Crippen LogP contribution in [0.25, 0.3) is 0 Å². The van der Waals surface area contributed by atoms with Crippen LogP contribution in [0, 0.1) is 6.92 Å². The number of nitrogens with zero attached hydrogens (tertiary/aromatic N) is 2. The fourth-order valence-corrected chi connectivity index (χ4v) is 8.95. The average Bonchev–Trinajstić information content (AvgIpc) is 3.65. The molecule has 4 amide bonds. The van der Waals surface area contributed by atoms with Crippen LogP contribution in [-0.2, 0) is 37.5 Å². The van der Waals surface area contributed by atoms with E-state index in [4.69, 9.17) is 9.47 Å². The first-order chi connectivity index (χ1) is 29.8. The minimum atomic E-state index is -0.365. The fourth-order valence-electron chi connectivity index (χ4n) is 8.95. The van der Waals surface area contributed by atoms with Gasteiger partial charge in [0.05, 0.1) is 27.9 Å². The minimum Gasteiger partial charge on any atom is -0.457 e. The number of imide groups is 2. The molecule has 2 aliphatic heterocycles. The van der Waals surface area contributed by atoms with Crippen LogP contribution in [0.5, 0.6) is 23.0 Å². The van der Waals surface area contributed by atoms with E-state index in [1.165, 1.54) is 39.8 Å². The zero-order valence-corrected chi connectivity index (χ0v) is 36.8. The zero-order valence-electron chi connectivity index (χ0n) is 36.8. The van der Waals surface area contributed by atoms with Crippen molar-refractivity contribution >= 4 is 29.3 Å². The lowest BCUT2D eigenvalue weighted by Gasteiger charge is -2.26. The van der Waals surface area contributed by atoms with Crippen molar-refractivity contribution in [3.63, 3.8) is 0 Å². The highest BCUT2D eigenvalue weighted by Gasteiger charge is 2.39. The Morgan fingerprint density at radius 3 is 1.29 bits per heavy atom. The largest absolute Gasteiger partial charge is 0.457 e. The van der Waals surface area contributed by atoms with Crippen molar-refractivity contribution in [3.8, 4) is 23.0 Å². The Morgan fingerprint density at radius 2 is 0.839 bits per heavy atom. The lowest BCUT2D eigenvalue weighted by molar-refractivity contribution is 0.0692. The van der Waals surface area contributed by atoms with Crippen LogP contribution in [0.2, 0.25) is 0 Å². The summed E-state index contributed by atoms with van der Waals surface area (Å²) in [4.78, 5) is 55.4. The molecule has 314 valence electrons. The van der Waals surface area contributed by atoms with Gasteiger partial charge in [-0.1, -0.05) is 90.1 Å². The Bertz CT molecular complexity index is 2730. The van der Waals surface area contributed by atoms with Crippen molar-refractivity contribution in [1.29, 1.82) is 0 Å². The van der Waals surface area contributed by atoms with Crippen LogP contribution in [0.3, 0.4) is 0 Å². The lowest BCUT2D eigenvalue weighted by Crippen LogP contribution is -2.31. The monoisotopic (exact) mass is 824 g/mol. The number of carbonyl (C=O) groups excluding carboxylic acids is 4. The molecule has 0 radical (unpaired) electrons. The first-order valence-corrected chi connectivity index (χ1v) is 21.6. The molecule has 0 saturated carbocycles. The summed E-state index contributed by atoms with van der Waals surface area (Å²) in [5.41, 5.74) is 12.5. The van der Waals surface area contributed by atoms with Gasteiger partial charge in [-0.2, -0.15) is 0 Å². The van der Waals surface area contributed by atoms with E-state index in [0.29, 0.717) is 63.8 Å². The van der Waals surface area contributed by atoms with Crippen LogP contribution < -0.4 is 14.4 Å². The predicted molar refractivity (Wildman–Crippen MR) is 244 cm³/mol. The molecule has 0 fully saturated rings. The maximum atomic E-state index is 14.2. The van der Waals surface area contributed by atoms with Crippen LogP contribution in [0.1, 0.15) is 133 Å². The first kappa shape index (κ1) is 41.9. The van der Waals surface area contributed by atoms with Gasteiger partial charge < -0.3 is 9.47 Å². The molecule has 8 heteroatoms. The van der Waals surface area contributed by atoms with E-state index >= 15 is 0 Å². The molecule has 6 aromatic rings. The SMILES string of the molecule is CCc1cc(Cc2cc(CC)c(N3C(=O)c4ccc(Oc5ccc(C(C)(C)c6ccc(Oc7ccc8c(c7)C(=O)N(C)C8=O)cc6)cc5)cc4C3=O)c(CC)c2)cc(CC)c1C. The summed E-state index contributed by atoms with van der Waals surface area (Å²) in [6.07, 6.45) is 4.14. The van der Waals surface area contributed by atoms with E-state index in [0.717, 1.165) is 46.4 Å². The van der Waals surface area contributed by atoms with E-state index in [1.807, 2.05) is 48.5 Å². The molecule has 8 nitrogen and oxygen atoms in total. The van der Waals surface area contributed by atoms with E-state index in [2.05, 4.69) is 72.7 Å². The molecule has 0 atom stereocenters. The topological polar surface area (TPSA) is 93.2 Å². The highest BCUT2D eigenvalue weighted by atomic mass is 16.5. The van der Waals surface area contributed by atoms with Crippen LogP contribution >= 0.6 is 0 Å². The minimum absolute atomic E-state index is 0.314. The van der Waals surface area contributed by atoms with E-state index in [1.54, 1.807) is 36.4 Å². The van der Waals surface area contributed by atoms with E-state index in [9.17, 15) is 19.2 Å². The second-order valence-electron chi connectivity index (χ2n) is 16.8. The maximum absolute atomic E-state index is 14.2. The molecule has 0 unspecified atom stereocenters. The number of hydrogen-bond acceptors (Lipinski definition) is 6. The molecule has 2 aliphatic rings. The number of anilines is 1. The highest BCUT2D eigenvalue weighted by Crippen LogP contribution is 2.39. The number of rotatable bonds is 13. The maximum Gasteiger partial charge on any atom is 0.266 e. The van der Waals surface area contributed by atoms with Gasteiger partial charge in [-0.15, -0.1) is 0 Å². The summed E-state index contributed by atoms with van der Waals surface area (Å²) in [7, 11) is 1.47. The summed E-state index contributed by atoms with van der Waals surface area (Å²) >= 11 is 0. The third-order valence-electron chi connectivity index (χ3n) is 12.7. The third kappa shape index (κ3) is 7.48. The van der Waals surface area contributed by atoms with Crippen molar-refractivity contribution in [1.82, 2.24) is 4.90 Å². The smallest absolute Gasteiger partial charge is 0.266 e. The zero-order chi connectivity index (χ0) is 44.0. The summed E-state index contributed by atoms with van der Waals surface area (Å²) in [5.74, 6) is 0.847. The molecule has 0 bridgehead atoms. The molecule has 0 saturated heterocycles. The van der Waals surface area contributed by atoms with Crippen molar-refractivity contribution in [3.05, 3.63) is 182 Å². The van der Waals surface area contributed by atoms with Crippen molar-refractivity contribution in [2.45, 2.75) is 86.0 Å². The van der Waals surface area contributed by atoms with Crippen LogP contribution in [0.4, 0.5) is 5.69 Å². The van der Waals surface area contributed by atoms with E-state index < -0.39 is 0 Å². The van der Waals surface area contributed by atoms with Gasteiger partial charge in [-0.25, -0.2) is 4.90 Å². The quantitative estimate of drug-likeness (QED) is 0.108. The summed E-state index contributed by atoms with van der Waals surface area (Å²) in [5, 5.41) is 0. The summed E-state index contributed by atoms with van der Waals surface area (Å²) < 4.78 is 12.3. The molecular weight excluding hydrogens is 773 g/mol. The number of ether oxygens (including phenoxy) is 2. The lowest BCUT2D eigenvalue weighted by atomic mass is 9.78. The molecule has 6 aromatic carbocycles. The second kappa shape index (κ2) is 16.6. The number of hydrogen-bond donors (Lipinski definition) is 0. The molecular formula is C54H52N2O6. The van der Waals surface area contributed by atoms with Gasteiger partial charge in [-0.3, -0.25) is 24.1 Å². The summed E-state index contributed by atoms with van der Waals surface area (Å²) in [6.45, 7) is 15.1. The molecule has 0 N–H and O–H groups in total. The molecule has 8 rings (SSSR count). The van der Waals surface area contributed by atoms with E-state index in [-0.39, 0.29) is 29.0 Å². The van der Waals surface area contributed by atoms with Gasteiger partial charge in [0.2, 0.25) is 0 Å². The van der Waals surface area contributed by atoms with Crippen LogP contribution in [-0.4, -0.2) is 35.6 Å². The number of aryl methyl sites for hydroxylation is 4. The van der Waals surface area contributed by atoms with Crippen molar-refractivity contribution in [2.75, 3.05) is 11.9 Å². The van der Waals surface area contributed by atoms with Crippen molar-refractivity contribution < 1.29 is 28.7 Å². The Balaban J connectivity index is 0.965. The molecule has 2 heterocycles.